The highest BCUT2D eigenvalue weighted by Gasteiger charge is 2.38. The first kappa shape index (κ1) is 96.2. The zero-order chi connectivity index (χ0) is 85.9. The number of rotatable bonds is 23. The Morgan fingerprint density at radius 1 is 0.521 bits per heavy atom. The van der Waals surface area contributed by atoms with E-state index in [0.717, 1.165) is 83.0 Å². The molecule has 2 aromatic heterocycles. The second-order valence-corrected chi connectivity index (χ2v) is 34.4. The van der Waals surface area contributed by atoms with Gasteiger partial charge in [-0.15, -0.1) is 0 Å². The van der Waals surface area contributed by atoms with E-state index in [2.05, 4.69) is 75.1 Å². The van der Waals surface area contributed by atoms with E-state index < -0.39 is 181 Å². The smallest absolute Gasteiger partial charge is 0.305 e. The van der Waals surface area contributed by atoms with Crippen LogP contribution in [0, 0.1) is 0 Å². The molecule has 0 bridgehead atoms. The molecular formula is C76H113N18O19S4+. The number of nitrogens with zero attached hydrogens (tertiary/aromatic N) is 4. The number of carbonyl (C=O) groups excluding carboxylic acids is 14. The summed E-state index contributed by atoms with van der Waals surface area (Å²) in [6.45, 7) is 12.0. The molecule has 7 rings (SSSR count). The predicted octanol–water partition coefficient (Wildman–Crippen LogP) is -0.735. The fourth-order valence-electron chi connectivity index (χ4n) is 12.9. The standard InChI is InChI=1S/C39H57N9O10S2.C37H55N9O9S2/c1-24-39(57)47(13-11-26-21-41-28-9-5-4-8-27(26)28)25(2)36(54)46-31(35(40)53)23-60-59-19-12-32(49)44-29(10-6-7-14-48(3)15-17-58-18-16-48)37(55)42-22-33(50)45-30(20-34(51)52)38(56)43-24;1-5-45(4)15-9-8-12-27-35(53)40-20-31(48)43-28(18-32(49)50)36(54)41-22(2)37(55)46(16-13-24-19-39-26-11-7-6-10-25(24)26)23(3)34(52)44-29(33(38)51)21-57-56-17-14-30(47)42-27/h4-5,8-9,21,24-25,29-31,41H,6-7,10-20,22-23H2,1-3H3,(H7-,40,42,43,44,45,46,49,50,51,52,53,54,55,56);6-7,10-11,19,22-23,27-29,39H,5,8-9,12-18,20-21H2,1-4H3,(H2,38,51)(H,40,53)(H,41,54)(H,42,47)(H,43,48)(H,44,52)(H,49,50)/p+1/t24-,25-,29-,30?,31?;22-,23-,27-,28?,29?/m00/s1. The van der Waals surface area contributed by atoms with Gasteiger partial charge in [0.2, 0.25) is 82.7 Å². The lowest BCUT2D eigenvalue weighted by Gasteiger charge is -2.37. The zero-order valence-corrected chi connectivity index (χ0v) is 70.3. The number of ether oxygens (including phenoxy) is 1. The number of amides is 14. The number of fused-ring (bicyclic) bond motifs is 2. The van der Waals surface area contributed by atoms with Crippen LogP contribution in [0.1, 0.15) is 110 Å². The molecule has 14 amide bonds. The molecule has 3 aliphatic rings. The molecule has 3 saturated heterocycles. The summed E-state index contributed by atoms with van der Waals surface area (Å²) < 4.78 is 6.31. The van der Waals surface area contributed by atoms with Crippen molar-refractivity contribution in [1.29, 1.82) is 0 Å². The van der Waals surface area contributed by atoms with Gasteiger partial charge in [0.15, 0.2) is 0 Å². The van der Waals surface area contributed by atoms with Crippen LogP contribution in [-0.2, 0) is 94.3 Å². The molecule has 3 aliphatic heterocycles. The molecule has 4 aromatic rings. The number of carboxylic acid groups (broad SMARTS) is 2. The zero-order valence-electron chi connectivity index (χ0n) is 67.1. The van der Waals surface area contributed by atoms with E-state index in [0.29, 0.717) is 50.4 Å². The van der Waals surface area contributed by atoms with Crippen LogP contribution >= 0.6 is 43.2 Å². The molecule has 0 saturated carbocycles. The van der Waals surface area contributed by atoms with Crippen LogP contribution in [0.15, 0.2) is 60.9 Å². The van der Waals surface area contributed by atoms with E-state index in [1.54, 1.807) is 12.4 Å². The molecule has 37 nitrogen and oxygen atoms in total. The number of H-pyrrole nitrogens is 2. The molecule has 18 N–H and O–H groups in total. The molecular weight excluding hydrogens is 1600 g/mol. The lowest BCUT2D eigenvalue weighted by molar-refractivity contribution is -0.917. The molecule has 0 radical (unpaired) electrons. The topological polar surface area (TPSA) is 536 Å². The molecule has 4 unspecified atom stereocenters. The first-order valence-electron chi connectivity index (χ1n) is 38.9. The van der Waals surface area contributed by atoms with Crippen LogP contribution in [0.4, 0.5) is 0 Å². The maximum atomic E-state index is 14.1. The van der Waals surface area contributed by atoms with Crippen molar-refractivity contribution < 1.29 is 96.1 Å². The number of para-hydroxylation sites is 2. The van der Waals surface area contributed by atoms with Crippen LogP contribution < -0.4 is 64.6 Å². The number of unbranched alkanes of at least 4 members (excludes halogenated alkanes) is 2. The number of benzene rings is 2. The van der Waals surface area contributed by atoms with Gasteiger partial charge in [-0.3, -0.25) is 76.7 Å². The first-order valence-corrected chi connectivity index (χ1v) is 43.9. The van der Waals surface area contributed by atoms with E-state index in [-0.39, 0.29) is 50.3 Å². The average Bonchev–Trinajstić information content (AvgIpc) is 1.79. The van der Waals surface area contributed by atoms with Gasteiger partial charge in [-0.25, -0.2) is 0 Å². The molecule has 0 spiro atoms. The van der Waals surface area contributed by atoms with Crippen LogP contribution in [0.25, 0.3) is 21.8 Å². The molecule has 5 heterocycles. The highest BCUT2D eigenvalue weighted by molar-refractivity contribution is 8.77. The molecule has 644 valence electrons. The number of nitrogens with two attached hydrogens (primary N) is 2. The number of hydrogen-bond acceptors (Lipinski definition) is 22. The number of carboxylic acids is 2. The van der Waals surface area contributed by atoms with E-state index in [9.17, 15) is 86.9 Å². The van der Waals surface area contributed by atoms with Crippen molar-refractivity contribution >= 4 is 160 Å². The second-order valence-electron chi connectivity index (χ2n) is 29.1. The third-order valence-corrected chi connectivity index (χ3v) is 24.9. The number of primary amides is 2. The molecule has 41 heteroatoms. The summed E-state index contributed by atoms with van der Waals surface area (Å²) in [5.74, 6) is -12.4. The highest BCUT2D eigenvalue weighted by atomic mass is 33.1. The maximum Gasteiger partial charge on any atom is 0.305 e. The first-order chi connectivity index (χ1) is 55.7. The van der Waals surface area contributed by atoms with Gasteiger partial charge < -0.3 is 109 Å². The van der Waals surface area contributed by atoms with Gasteiger partial charge in [-0.05, 0) is 122 Å². The van der Waals surface area contributed by atoms with E-state index in [1.165, 1.54) is 80.7 Å². The summed E-state index contributed by atoms with van der Waals surface area (Å²) in [7, 11) is 9.07. The Balaban J connectivity index is 0.000000364. The summed E-state index contributed by atoms with van der Waals surface area (Å²) in [6, 6.07) is 2.65. The number of hydrogen-bond donors (Lipinski definition) is 16. The number of aromatic amines is 2. The number of aromatic nitrogens is 2. The van der Waals surface area contributed by atoms with Gasteiger partial charge in [-0.2, -0.15) is 0 Å². The molecule has 0 aliphatic carbocycles. The Morgan fingerprint density at radius 2 is 0.923 bits per heavy atom. The number of carbonyl (C=O) groups is 16. The molecule has 117 heavy (non-hydrogen) atoms. The molecule has 2 aromatic carbocycles. The normalized spacial score (nSPS) is 23.9. The van der Waals surface area contributed by atoms with Crippen LogP contribution in [0.5, 0.6) is 0 Å². The SMILES string of the molecule is CCN(C)CCCC[C@@H]1NC(=O)CCSSCC(C(N)=O)NC(=O)[C@H](C)N(CCc2c[nH]c3ccccc23)C(=O)[C@H](C)NC(=O)C(CC(=O)O)NC(=O)CNC1=O.C[C@@H]1NC(=O)C(CC(=O)O)NC(=O)CNC(=O)[C@H](CCCC[N+]2(C)CCOCC2)NC(=O)CCSSCC(C(N)=O)NC(=O)[C@H](C)N(CCc2c[nH]c3ccccc23)C1=O. The Morgan fingerprint density at radius 3 is 1.32 bits per heavy atom. The van der Waals surface area contributed by atoms with Crippen molar-refractivity contribution in [1.82, 2.24) is 77.8 Å². The number of morpholine rings is 1. The minimum Gasteiger partial charge on any atom is -0.481 e. The molecule has 10 atom stereocenters. The summed E-state index contributed by atoms with van der Waals surface area (Å²) >= 11 is 0. The number of likely N-dealkylation sites (N-methyl/N-ethyl adjacent to an activating group) is 1. The Bertz CT molecular complexity index is 4110. The largest absolute Gasteiger partial charge is 0.481 e. The third-order valence-electron chi connectivity index (χ3n) is 20.1. The van der Waals surface area contributed by atoms with E-state index >= 15 is 0 Å². The average molecular weight is 1710 g/mol. The summed E-state index contributed by atoms with van der Waals surface area (Å²) in [5, 5.41) is 46.2. The van der Waals surface area contributed by atoms with Gasteiger partial charge in [0.25, 0.3) is 0 Å². The summed E-state index contributed by atoms with van der Waals surface area (Å²) in [6.07, 6.45) is 5.81. The van der Waals surface area contributed by atoms with Crippen molar-refractivity contribution in [3.8, 4) is 0 Å². The fraction of sp³-hybridized carbons (Fsp3) is 0.579. The van der Waals surface area contributed by atoms with Gasteiger partial charge in [0, 0.05) is 83.1 Å². The minimum atomic E-state index is -1.64. The third kappa shape index (κ3) is 32.3. The molecule has 3 fully saturated rings. The van der Waals surface area contributed by atoms with Crippen molar-refractivity contribution in [2.75, 3.05) is 109 Å². The van der Waals surface area contributed by atoms with Crippen molar-refractivity contribution in [2.24, 2.45) is 11.5 Å². The van der Waals surface area contributed by atoms with E-state index in [4.69, 9.17) is 16.2 Å². The van der Waals surface area contributed by atoms with Crippen molar-refractivity contribution in [2.45, 2.75) is 172 Å². The Kier molecular flexibility index (Phi) is 40.2. The Hall–Kier alpha value is -9.68. The summed E-state index contributed by atoms with van der Waals surface area (Å²) in [5.41, 5.74) is 14.8. The van der Waals surface area contributed by atoms with Gasteiger partial charge >= 0.3 is 11.9 Å². The Labute approximate surface area is 694 Å². The van der Waals surface area contributed by atoms with Crippen LogP contribution in [0.2, 0.25) is 0 Å². The van der Waals surface area contributed by atoms with Gasteiger partial charge in [0.1, 0.15) is 73.5 Å². The number of aliphatic carboxylic acids is 2. The van der Waals surface area contributed by atoms with Gasteiger partial charge in [0.05, 0.1) is 52.7 Å². The number of nitrogens with one attached hydrogen (secondary N) is 12. The van der Waals surface area contributed by atoms with Gasteiger partial charge in [-0.1, -0.05) is 86.5 Å². The lowest BCUT2D eigenvalue weighted by atomic mass is 10.1. The fourth-order valence-corrected chi connectivity index (χ4v) is 17.3. The highest BCUT2D eigenvalue weighted by Crippen LogP contribution is 2.26. The quantitative estimate of drug-likeness (QED) is 0.0247. The lowest BCUT2D eigenvalue weighted by Crippen LogP contribution is -2.59. The van der Waals surface area contributed by atoms with Crippen molar-refractivity contribution in [3.05, 3.63) is 72.1 Å². The van der Waals surface area contributed by atoms with Crippen LogP contribution in [-0.4, -0.2) is 304 Å². The number of quaternary nitrogens is 1. The maximum absolute atomic E-state index is 14.1. The monoisotopic (exact) mass is 1710 g/mol. The van der Waals surface area contributed by atoms with Crippen molar-refractivity contribution in [3.63, 3.8) is 0 Å². The second kappa shape index (κ2) is 48.9. The summed E-state index contributed by atoms with van der Waals surface area (Å²) in [4.78, 5) is 220. The van der Waals surface area contributed by atoms with E-state index in [1.807, 2.05) is 62.5 Å². The van der Waals surface area contributed by atoms with Crippen LogP contribution in [0.3, 0.4) is 0 Å². The minimum absolute atomic E-state index is 0.00734. The predicted molar refractivity (Wildman–Crippen MR) is 444 cm³/mol.